The smallest absolute Gasteiger partial charge is 0.410 e. The lowest BCUT2D eigenvalue weighted by molar-refractivity contribution is 0.0206. The minimum atomic E-state index is -0.502. The summed E-state index contributed by atoms with van der Waals surface area (Å²) in [6.07, 6.45) is 3.69. The first-order valence-electron chi connectivity index (χ1n) is 7.05. The van der Waals surface area contributed by atoms with E-state index in [1.54, 1.807) is 4.90 Å². The maximum Gasteiger partial charge on any atom is 0.410 e. The maximum absolute atomic E-state index is 12.8. The summed E-state index contributed by atoms with van der Waals surface area (Å²) >= 11 is 0. The van der Waals surface area contributed by atoms with Crippen molar-refractivity contribution in [1.82, 2.24) is 14.9 Å². The van der Waals surface area contributed by atoms with Crippen LogP contribution in [0.1, 0.15) is 33.6 Å². The number of aromatic nitrogens is 2. The van der Waals surface area contributed by atoms with Gasteiger partial charge in [-0.25, -0.2) is 19.2 Å². The number of nitrogens with one attached hydrogen (secondary N) is 1. The Morgan fingerprint density at radius 1 is 1.43 bits per heavy atom. The minimum absolute atomic E-state index is 0.0386. The molecular formula is C14H21FN4O2. The standard InChI is InChI=1S/C14H21FN4O2/c1-14(2,3)21-13(20)19-6-4-5-11(9-19)18-12-16-7-10(15)8-17-12/h7-8,11H,4-6,9H2,1-3H3,(H,16,17,18). The van der Waals surface area contributed by atoms with Crippen molar-refractivity contribution in [3.8, 4) is 0 Å². The third-order valence-corrected chi connectivity index (χ3v) is 3.03. The first kappa shape index (κ1) is 15.5. The van der Waals surface area contributed by atoms with Gasteiger partial charge in [0.25, 0.3) is 0 Å². The van der Waals surface area contributed by atoms with Crippen molar-refractivity contribution in [2.45, 2.75) is 45.3 Å². The molecular weight excluding hydrogens is 275 g/mol. The highest BCUT2D eigenvalue weighted by Gasteiger charge is 2.27. The number of carbonyl (C=O) groups excluding carboxylic acids is 1. The zero-order valence-corrected chi connectivity index (χ0v) is 12.6. The number of nitrogens with zero attached hydrogens (tertiary/aromatic N) is 3. The molecule has 1 aromatic rings. The lowest BCUT2D eigenvalue weighted by atomic mass is 10.1. The van der Waals surface area contributed by atoms with Crippen molar-refractivity contribution in [2.24, 2.45) is 0 Å². The van der Waals surface area contributed by atoms with Crippen LogP contribution in [0.3, 0.4) is 0 Å². The van der Waals surface area contributed by atoms with Gasteiger partial charge in [-0.05, 0) is 33.6 Å². The summed E-state index contributed by atoms with van der Waals surface area (Å²) in [5.41, 5.74) is -0.502. The summed E-state index contributed by atoms with van der Waals surface area (Å²) in [5.74, 6) is -0.105. The maximum atomic E-state index is 12.8. The molecule has 1 aliphatic heterocycles. The van der Waals surface area contributed by atoms with E-state index in [9.17, 15) is 9.18 Å². The fourth-order valence-corrected chi connectivity index (χ4v) is 2.16. The van der Waals surface area contributed by atoms with E-state index in [2.05, 4.69) is 15.3 Å². The first-order chi connectivity index (χ1) is 9.83. The molecule has 0 bridgehead atoms. The van der Waals surface area contributed by atoms with E-state index >= 15 is 0 Å². The molecule has 1 aromatic heterocycles. The molecule has 7 heteroatoms. The molecule has 0 spiro atoms. The van der Waals surface area contributed by atoms with Gasteiger partial charge in [0.15, 0.2) is 5.82 Å². The van der Waals surface area contributed by atoms with Crippen LogP contribution in [0.15, 0.2) is 12.4 Å². The molecule has 1 fully saturated rings. The summed E-state index contributed by atoms with van der Waals surface area (Å²) in [6.45, 7) is 6.73. The van der Waals surface area contributed by atoms with Gasteiger partial charge in [0, 0.05) is 19.1 Å². The quantitative estimate of drug-likeness (QED) is 0.908. The summed E-state index contributed by atoms with van der Waals surface area (Å²) < 4.78 is 18.1. The monoisotopic (exact) mass is 296 g/mol. The third kappa shape index (κ3) is 4.84. The van der Waals surface area contributed by atoms with Gasteiger partial charge in [-0.2, -0.15) is 0 Å². The van der Waals surface area contributed by atoms with Crippen LogP contribution in [-0.4, -0.2) is 45.7 Å². The van der Waals surface area contributed by atoms with Crippen molar-refractivity contribution >= 4 is 12.0 Å². The molecule has 0 saturated carbocycles. The molecule has 2 heterocycles. The Labute approximate surface area is 123 Å². The highest BCUT2D eigenvalue weighted by atomic mass is 19.1. The number of rotatable bonds is 2. The van der Waals surface area contributed by atoms with Gasteiger partial charge >= 0.3 is 6.09 Å². The third-order valence-electron chi connectivity index (χ3n) is 3.03. The van der Waals surface area contributed by atoms with Crippen LogP contribution in [0.2, 0.25) is 0 Å². The van der Waals surface area contributed by atoms with Crippen molar-refractivity contribution < 1.29 is 13.9 Å². The Morgan fingerprint density at radius 2 is 2.10 bits per heavy atom. The number of hydrogen-bond donors (Lipinski definition) is 1. The molecule has 2 rings (SSSR count). The van der Waals surface area contributed by atoms with Gasteiger partial charge in [0.2, 0.25) is 5.95 Å². The van der Waals surface area contributed by atoms with Crippen molar-refractivity contribution in [3.05, 3.63) is 18.2 Å². The van der Waals surface area contributed by atoms with Gasteiger partial charge in [-0.15, -0.1) is 0 Å². The summed E-state index contributed by atoms with van der Waals surface area (Å²) in [5, 5.41) is 3.12. The molecule has 116 valence electrons. The SMILES string of the molecule is CC(C)(C)OC(=O)N1CCCC(Nc2ncc(F)cn2)C1. The predicted molar refractivity (Wildman–Crippen MR) is 76.4 cm³/mol. The molecule has 1 aliphatic rings. The molecule has 0 aromatic carbocycles. The summed E-state index contributed by atoms with van der Waals surface area (Å²) in [6, 6.07) is 0.0386. The molecule has 1 atom stereocenters. The van der Waals surface area contributed by atoms with E-state index in [-0.39, 0.29) is 12.1 Å². The van der Waals surface area contributed by atoms with Gasteiger partial charge in [-0.1, -0.05) is 0 Å². The Balaban J connectivity index is 1.91. The number of ether oxygens (including phenoxy) is 1. The zero-order chi connectivity index (χ0) is 15.5. The topological polar surface area (TPSA) is 67.3 Å². The van der Waals surface area contributed by atoms with Crippen LogP contribution in [-0.2, 0) is 4.74 Å². The van der Waals surface area contributed by atoms with E-state index in [1.807, 2.05) is 20.8 Å². The number of likely N-dealkylation sites (tertiary alicyclic amines) is 1. The lowest BCUT2D eigenvalue weighted by Gasteiger charge is -2.34. The second kappa shape index (κ2) is 6.24. The van der Waals surface area contributed by atoms with Crippen molar-refractivity contribution in [1.29, 1.82) is 0 Å². The number of halogens is 1. The Morgan fingerprint density at radius 3 is 2.71 bits per heavy atom. The average molecular weight is 296 g/mol. The van der Waals surface area contributed by atoms with Crippen molar-refractivity contribution in [3.63, 3.8) is 0 Å². The van der Waals surface area contributed by atoms with Crippen LogP contribution in [0, 0.1) is 5.82 Å². The van der Waals surface area contributed by atoms with Gasteiger partial charge < -0.3 is 15.0 Å². The Kier molecular flexibility index (Phi) is 4.59. The van der Waals surface area contributed by atoms with Crippen LogP contribution in [0.25, 0.3) is 0 Å². The fourth-order valence-electron chi connectivity index (χ4n) is 2.16. The number of amides is 1. The van der Waals surface area contributed by atoms with Crippen LogP contribution >= 0.6 is 0 Å². The minimum Gasteiger partial charge on any atom is -0.444 e. The normalized spacial score (nSPS) is 19.2. The first-order valence-corrected chi connectivity index (χ1v) is 7.05. The molecule has 1 amide bonds. The number of carbonyl (C=O) groups is 1. The lowest BCUT2D eigenvalue weighted by Crippen LogP contribution is -2.47. The highest BCUT2D eigenvalue weighted by molar-refractivity contribution is 5.68. The molecule has 21 heavy (non-hydrogen) atoms. The highest BCUT2D eigenvalue weighted by Crippen LogP contribution is 2.17. The van der Waals surface area contributed by atoms with E-state index in [4.69, 9.17) is 4.74 Å². The molecule has 1 unspecified atom stereocenters. The van der Waals surface area contributed by atoms with Crippen LogP contribution < -0.4 is 5.32 Å². The van der Waals surface area contributed by atoms with E-state index in [0.717, 1.165) is 25.2 Å². The molecule has 0 aliphatic carbocycles. The largest absolute Gasteiger partial charge is 0.444 e. The number of piperidine rings is 1. The van der Waals surface area contributed by atoms with Gasteiger partial charge in [0.05, 0.1) is 12.4 Å². The number of hydrogen-bond acceptors (Lipinski definition) is 5. The average Bonchev–Trinajstić information content (AvgIpc) is 2.40. The van der Waals surface area contributed by atoms with Crippen molar-refractivity contribution in [2.75, 3.05) is 18.4 Å². The predicted octanol–water partition coefficient (Wildman–Crippen LogP) is 2.43. The molecule has 6 nitrogen and oxygen atoms in total. The van der Waals surface area contributed by atoms with Gasteiger partial charge in [-0.3, -0.25) is 0 Å². The van der Waals surface area contributed by atoms with E-state index in [1.165, 1.54) is 0 Å². The number of anilines is 1. The summed E-state index contributed by atoms with van der Waals surface area (Å²) in [7, 11) is 0. The van der Waals surface area contributed by atoms with Crippen LogP contribution in [0.5, 0.6) is 0 Å². The summed E-state index contributed by atoms with van der Waals surface area (Å²) in [4.78, 5) is 21.5. The van der Waals surface area contributed by atoms with E-state index in [0.29, 0.717) is 19.0 Å². The Hall–Kier alpha value is -1.92. The zero-order valence-electron chi connectivity index (χ0n) is 12.6. The molecule has 1 saturated heterocycles. The fraction of sp³-hybridized carbons (Fsp3) is 0.643. The second-order valence-electron chi connectivity index (χ2n) is 6.13. The molecule has 1 N–H and O–H groups in total. The van der Waals surface area contributed by atoms with Gasteiger partial charge in [0.1, 0.15) is 5.60 Å². The molecule has 0 radical (unpaired) electrons. The Bertz CT molecular complexity index is 487. The second-order valence-corrected chi connectivity index (χ2v) is 6.13. The van der Waals surface area contributed by atoms with Crippen LogP contribution in [0.4, 0.5) is 15.1 Å². The van der Waals surface area contributed by atoms with E-state index < -0.39 is 11.4 Å².